The van der Waals surface area contributed by atoms with Crippen LogP contribution in [0.15, 0.2) is 30.3 Å². The molecular formula is C14H21N3O. The van der Waals surface area contributed by atoms with Crippen molar-refractivity contribution in [1.82, 2.24) is 16.0 Å². The zero-order valence-electron chi connectivity index (χ0n) is 10.6. The summed E-state index contributed by atoms with van der Waals surface area (Å²) in [5, 5.41) is 9.16. The summed E-state index contributed by atoms with van der Waals surface area (Å²) in [6.45, 7) is 2.43. The Morgan fingerprint density at radius 2 is 2.11 bits per heavy atom. The first kappa shape index (κ1) is 12.9. The quantitative estimate of drug-likeness (QED) is 0.740. The predicted octanol–water partition coefficient (Wildman–Crippen LogP) is 1.63. The van der Waals surface area contributed by atoms with Gasteiger partial charge in [-0.2, -0.15) is 0 Å². The molecule has 0 spiro atoms. The van der Waals surface area contributed by atoms with Gasteiger partial charge in [-0.25, -0.2) is 4.79 Å². The van der Waals surface area contributed by atoms with E-state index < -0.39 is 0 Å². The number of carbonyl (C=O) groups excluding carboxylic acids is 1. The molecule has 4 nitrogen and oxygen atoms in total. The summed E-state index contributed by atoms with van der Waals surface area (Å²) in [6, 6.07) is 10.4. The molecule has 0 bridgehead atoms. The SMILES string of the molecule is O=C(NCC[C@@H]1CCCN1)NCc1ccccc1. The number of amides is 2. The van der Waals surface area contributed by atoms with E-state index in [4.69, 9.17) is 0 Å². The molecule has 0 aliphatic carbocycles. The lowest BCUT2D eigenvalue weighted by Gasteiger charge is -2.11. The second-order valence-corrected chi connectivity index (χ2v) is 4.68. The average molecular weight is 247 g/mol. The van der Waals surface area contributed by atoms with E-state index in [9.17, 15) is 4.79 Å². The van der Waals surface area contributed by atoms with Gasteiger partial charge in [0.15, 0.2) is 0 Å². The Morgan fingerprint density at radius 3 is 2.83 bits per heavy atom. The van der Waals surface area contributed by atoms with Crippen molar-refractivity contribution in [2.45, 2.75) is 31.8 Å². The molecule has 0 saturated carbocycles. The van der Waals surface area contributed by atoms with Crippen molar-refractivity contribution < 1.29 is 4.79 Å². The molecule has 0 aromatic heterocycles. The van der Waals surface area contributed by atoms with E-state index in [0.717, 1.165) is 25.1 Å². The number of urea groups is 1. The summed E-state index contributed by atoms with van der Waals surface area (Å²) < 4.78 is 0. The van der Waals surface area contributed by atoms with Gasteiger partial charge in [0, 0.05) is 19.1 Å². The first-order valence-electron chi connectivity index (χ1n) is 6.63. The highest BCUT2D eigenvalue weighted by Crippen LogP contribution is 2.07. The molecule has 2 amide bonds. The van der Waals surface area contributed by atoms with Crippen molar-refractivity contribution in [2.24, 2.45) is 0 Å². The van der Waals surface area contributed by atoms with Gasteiger partial charge in [-0.15, -0.1) is 0 Å². The van der Waals surface area contributed by atoms with Crippen LogP contribution in [0.1, 0.15) is 24.8 Å². The maximum atomic E-state index is 11.5. The fourth-order valence-corrected chi connectivity index (χ4v) is 2.20. The molecule has 1 saturated heterocycles. The highest BCUT2D eigenvalue weighted by atomic mass is 16.2. The Hall–Kier alpha value is -1.55. The second-order valence-electron chi connectivity index (χ2n) is 4.68. The van der Waals surface area contributed by atoms with Gasteiger partial charge >= 0.3 is 6.03 Å². The van der Waals surface area contributed by atoms with E-state index in [1.165, 1.54) is 12.8 Å². The number of hydrogen-bond donors (Lipinski definition) is 3. The second kappa shape index (κ2) is 7.01. The maximum Gasteiger partial charge on any atom is 0.315 e. The molecule has 0 radical (unpaired) electrons. The summed E-state index contributed by atoms with van der Waals surface area (Å²) >= 11 is 0. The highest BCUT2D eigenvalue weighted by Gasteiger charge is 2.13. The minimum absolute atomic E-state index is 0.0862. The molecule has 0 unspecified atom stereocenters. The molecule has 1 fully saturated rings. The van der Waals surface area contributed by atoms with Crippen LogP contribution in [-0.4, -0.2) is 25.2 Å². The van der Waals surface area contributed by atoms with Crippen LogP contribution in [0.2, 0.25) is 0 Å². The van der Waals surface area contributed by atoms with Gasteiger partial charge in [-0.1, -0.05) is 30.3 Å². The average Bonchev–Trinajstić information content (AvgIpc) is 2.91. The molecule has 18 heavy (non-hydrogen) atoms. The molecule has 1 aromatic rings. The largest absolute Gasteiger partial charge is 0.338 e. The molecule has 1 aromatic carbocycles. The van der Waals surface area contributed by atoms with Gasteiger partial charge < -0.3 is 16.0 Å². The Bertz CT molecular complexity index is 361. The van der Waals surface area contributed by atoms with Gasteiger partial charge in [-0.05, 0) is 31.4 Å². The van der Waals surface area contributed by atoms with E-state index in [1.54, 1.807) is 0 Å². The normalized spacial score (nSPS) is 18.6. The van der Waals surface area contributed by atoms with Crippen molar-refractivity contribution in [3.8, 4) is 0 Å². The first-order valence-corrected chi connectivity index (χ1v) is 6.63. The van der Waals surface area contributed by atoms with E-state index in [1.807, 2.05) is 30.3 Å². The lowest BCUT2D eigenvalue weighted by Crippen LogP contribution is -2.37. The summed E-state index contributed by atoms with van der Waals surface area (Å²) in [5.41, 5.74) is 1.12. The fourth-order valence-electron chi connectivity index (χ4n) is 2.20. The maximum absolute atomic E-state index is 11.5. The van der Waals surface area contributed by atoms with E-state index in [2.05, 4.69) is 16.0 Å². The third-order valence-corrected chi connectivity index (χ3v) is 3.24. The first-order chi connectivity index (χ1) is 8.84. The van der Waals surface area contributed by atoms with Crippen molar-refractivity contribution in [1.29, 1.82) is 0 Å². The van der Waals surface area contributed by atoms with Gasteiger partial charge in [-0.3, -0.25) is 0 Å². The van der Waals surface area contributed by atoms with Crippen LogP contribution in [0, 0.1) is 0 Å². The molecular weight excluding hydrogens is 226 g/mol. The van der Waals surface area contributed by atoms with Gasteiger partial charge in [0.25, 0.3) is 0 Å². The third kappa shape index (κ3) is 4.37. The lowest BCUT2D eigenvalue weighted by molar-refractivity contribution is 0.240. The van der Waals surface area contributed by atoms with Gasteiger partial charge in [0.05, 0.1) is 0 Å². The van der Waals surface area contributed by atoms with Gasteiger partial charge in [0.2, 0.25) is 0 Å². The van der Waals surface area contributed by atoms with Crippen LogP contribution in [0.25, 0.3) is 0 Å². The van der Waals surface area contributed by atoms with E-state index in [-0.39, 0.29) is 6.03 Å². The van der Waals surface area contributed by atoms with Crippen molar-refractivity contribution >= 4 is 6.03 Å². The summed E-state index contributed by atoms with van der Waals surface area (Å²) in [6.07, 6.45) is 3.50. The monoisotopic (exact) mass is 247 g/mol. The minimum atomic E-state index is -0.0862. The molecule has 1 heterocycles. The van der Waals surface area contributed by atoms with Crippen molar-refractivity contribution in [3.63, 3.8) is 0 Å². The molecule has 1 aliphatic rings. The third-order valence-electron chi connectivity index (χ3n) is 3.24. The molecule has 98 valence electrons. The molecule has 3 N–H and O–H groups in total. The van der Waals surface area contributed by atoms with E-state index in [0.29, 0.717) is 12.6 Å². The number of nitrogens with one attached hydrogen (secondary N) is 3. The molecule has 1 atom stereocenters. The standard InChI is InChI=1S/C14H21N3O/c18-14(16-10-8-13-7-4-9-15-13)17-11-12-5-2-1-3-6-12/h1-3,5-6,13,15H,4,7-11H2,(H2,16,17,18)/t13-/m0/s1. The number of carbonyl (C=O) groups is 1. The zero-order chi connectivity index (χ0) is 12.6. The number of rotatable bonds is 5. The van der Waals surface area contributed by atoms with Crippen LogP contribution < -0.4 is 16.0 Å². The Kier molecular flexibility index (Phi) is 5.02. The Morgan fingerprint density at radius 1 is 1.28 bits per heavy atom. The molecule has 1 aliphatic heterocycles. The predicted molar refractivity (Wildman–Crippen MR) is 72.3 cm³/mol. The number of benzene rings is 1. The molecule has 2 rings (SSSR count). The fraction of sp³-hybridized carbons (Fsp3) is 0.500. The number of hydrogen-bond acceptors (Lipinski definition) is 2. The minimum Gasteiger partial charge on any atom is -0.338 e. The topological polar surface area (TPSA) is 53.2 Å². The van der Waals surface area contributed by atoms with Crippen molar-refractivity contribution in [3.05, 3.63) is 35.9 Å². The van der Waals surface area contributed by atoms with Gasteiger partial charge in [0.1, 0.15) is 0 Å². The van der Waals surface area contributed by atoms with Crippen LogP contribution in [0.3, 0.4) is 0 Å². The smallest absolute Gasteiger partial charge is 0.315 e. The Balaban J connectivity index is 1.57. The van der Waals surface area contributed by atoms with Crippen LogP contribution in [0.5, 0.6) is 0 Å². The highest BCUT2D eigenvalue weighted by molar-refractivity contribution is 5.73. The lowest BCUT2D eigenvalue weighted by atomic mass is 10.1. The summed E-state index contributed by atoms with van der Waals surface area (Å²) in [5.74, 6) is 0. The van der Waals surface area contributed by atoms with E-state index >= 15 is 0 Å². The van der Waals surface area contributed by atoms with Crippen LogP contribution >= 0.6 is 0 Å². The van der Waals surface area contributed by atoms with Crippen LogP contribution in [0.4, 0.5) is 4.79 Å². The Labute approximate surface area is 108 Å². The zero-order valence-corrected chi connectivity index (χ0v) is 10.6. The van der Waals surface area contributed by atoms with Crippen LogP contribution in [-0.2, 0) is 6.54 Å². The van der Waals surface area contributed by atoms with Crippen molar-refractivity contribution in [2.75, 3.05) is 13.1 Å². The summed E-state index contributed by atoms with van der Waals surface area (Å²) in [7, 11) is 0. The summed E-state index contributed by atoms with van der Waals surface area (Å²) in [4.78, 5) is 11.5. The molecule has 4 heteroatoms.